The summed E-state index contributed by atoms with van der Waals surface area (Å²) in [5.41, 5.74) is 5.48. The number of aromatic nitrogens is 4. The number of aromatic amines is 1. The number of nitrogens with one attached hydrogen (secondary N) is 1. The molecular weight excluding hydrogens is 518 g/mol. The third-order valence-electron chi connectivity index (χ3n) is 8.61. The number of amides is 1. The maximum Gasteiger partial charge on any atom is 0.521 e. The minimum absolute atomic E-state index is 0.122. The Morgan fingerprint density at radius 1 is 1.07 bits per heavy atom. The van der Waals surface area contributed by atoms with Crippen LogP contribution < -0.4 is 15.7 Å². The van der Waals surface area contributed by atoms with Crippen molar-refractivity contribution in [2.24, 2.45) is 0 Å². The predicted molar refractivity (Wildman–Crippen MR) is 159 cm³/mol. The summed E-state index contributed by atoms with van der Waals surface area (Å²) in [7, 11) is 0. The molecule has 0 radical (unpaired) electrons. The number of rotatable bonds is 4. The van der Waals surface area contributed by atoms with E-state index in [1.807, 2.05) is 26.0 Å². The molecule has 9 nitrogen and oxygen atoms in total. The number of carbonyl (C=O) groups is 1. The second-order valence-electron chi connectivity index (χ2n) is 11.0. The van der Waals surface area contributed by atoms with Gasteiger partial charge in [0.05, 0.1) is 6.54 Å². The van der Waals surface area contributed by atoms with E-state index in [0.29, 0.717) is 12.1 Å². The van der Waals surface area contributed by atoms with Crippen LogP contribution in [-0.4, -0.2) is 43.3 Å². The Kier molecular flexibility index (Phi) is 6.54. The Morgan fingerprint density at radius 3 is 2.49 bits per heavy atom. The molecule has 1 aliphatic carbocycles. The predicted octanol–water partition coefficient (Wildman–Crippen LogP) is 5.02. The third kappa shape index (κ3) is 4.33. The summed E-state index contributed by atoms with van der Waals surface area (Å²) >= 11 is 0. The molecule has 1 aliphatic heterocycles. The molecule has 6 rings (SSSR count). The molecule has 0 spiro atoms. The Labute approximate surface area is 237 Å². The van der Waals surface area contributed by atoms with Gasteiger partial charge in [-0.15, -0.1) is 0 Å². The van der Waals surface area contributed by atoms with Crippen molar-refractivity contribution in [3.63, 3.8) is 0 Å². The second kappa shape index (κ2) is 10.1. The average molecular weight is 551 g/mol. The van der Waals surface area contributed by atoms with Gasteiger partial charge in [0, 0.05) is 42.8 Å². The first-order valence-corrected chi connectivity index (χ1v) is 14.0. The monoisotopic (exact) mass is 550 g/mol. The van der Waals surface area contributed by atoms with Crippen LogP contribution in [0.25, 0.3) is 18.0 Å². The highest BCUT2D eigenvalue weighted by Crippen LogP contribution is 2.39. The van der Waals surface area contributed by atoms with E-state index < -0.39 is 27.7 Å². The Bertz CT molecular complexity index is 1840. The zero-order chi connectivity index (χ0) is 28.9. The molecular formula is C32H32N5O4+. The average Bonchev–Trinajstić information content (AvgIpc) is 3.29. The van der Waals surface area contributed by atoms with E-state index in [1.165, 1.54) is 16.3 Å². The minimum Gasteiger partial charge on any atom is -0.435 e. The fraction of sp³-hybridized carbons (Fsp3) is 0.281. The van der Waals surface area contributed by atoms with Crippen LogP contribution in [-0.2, 0) is 6.42 Å². The van der Waals surface area contributed by atoms with Crippen molar-refractivity contribution in [2.75, 3.05) is 6.54 Å². The van der Waals surface area contributed by atoms with Crippen LogP contribution in [0.2, 0.25) is 0 Å². The fourth-order valence-electron chi connectivity index (χ4n) is 6.31. The highest BCUT2D eigenvalue weighted by Gasteiger charge is 2.51. The molecule has 3 atom stereocenters. The van der Waals surface area contributed by atoms with Crippen molar-refractivity contribution < 1.29 is 9.90 Å². The molecule has 0 bridgehead atoms. The van der Waals surface area contributed by atoms with E-state index in [-0.39, 0.29) is 17.8 Å². The van der Waals surface area contributed by atoms with E-state index in [0.717, 1.165) is 47.1 Å². The summed E-state index contributed by atoms with van der Waals surface area (Å²) in [5, 5.41) is 10.2. The lowest BCUT2D eigenvalue weighted by molar-refractivity contribution is 0.141. The highest BCUT2D eigenvalue weighted by molar-refractivity contribution is 5.80. The Hall–Kier alpha value is -4.63. The van der Waals surface area contributed by atoms with Gasteiger partial charge in [0.25, 0.3) is 5.56 Å². The first kappa shape index (κ1) is 26.6. The molecule has 2 N–H and O–H groups in total. The van der Waals surface area contributed by atoms with E-state index in [4.69, 9.17) is 0 Å². The zero-order valence-electron chi connectivity index (χ0n) is 23.3. The summed E-state index contributed by atoms with van der Waals surface area (Å²) in [4.78, 5) is 50.6. The Balaban J connectivity index is 1.56. The second-order valence-corrected chi connectivity index (χ2v) is 11.0. The van der Waals surface area contributed by atoms with Crippen molar-refractivity contribution in [2.45, 2.75) is 52.0 Å². The maximum atomic E-state index is 13.5. The number of hydrogen-bond acceptors (Lipinski definition) is 5. The normalized spacial score (nSPS) is 21.2. The molecule has 208 valence electrons. The molecule has 0 saturated carbocycles. The van der Waals surface area contributed by atoms with Crippen molar-refractivity contribution in [1.29, 1.82) is 0 Å². The summed E-state index contributed by atoms with van der Waals surface area (Å²) < 4.78 is 0.889. The van der Waals surface area contributed by atoms with Gasteiger partial charge in [-0.05, 0) is 48.1 Å². The van der Waals surface area contributed by atoms with E-state index in [2.05, 4.69) is 58.3 Å². The van der Waals surface area contributed by atoms with Gasteiger partial charge in [0.2, 0.25) is 0 Å². The third-order valence-corrected chi connectivity index (χ3v) is 8.61. The van der Waals surface area contributed by atoms with Crippen LogP contribution in [0.5, 0.6) is 0 Å². The number of carboxylic acid groups (broad SMARTS) is 1. The summed E-state index contributed by atoms with van der Waals surface area (Å²) in [6.45, 7) is 6.38. The van der Waals surface area contributed by atoms with Crippen molar-refractivity contribution in [3.05, 3.63) is 115 Å². The van der Waals surface area contributed by atoms with Crippen LogP contribution in [0.3, 0.4) is 0 Å². The molecule has 1 fully saturated rings. The number of aryl methyl sites for hydroxylation is 2. The van der Waals surface area contributed by atoms with Crippen molar-refractivity contribution in [3.8, 4) is 5.82 Å². The molecule has 9 heteroatoms. The molecule has 1 amide bonds. The number of fused-ring (bicyclic) bond motifs is 2. The standard InChI is InChI=1S/C32H31N5O4/c1-4-21-8-12-25-23(17-21)10-9-22-16-19(2)7-11-24(22)28(25)26-18-36(31(39)35-29(26)38)27-13-14-33-30(34-27)37(32(40)41)15-5-6-20(37)3/h7-14,16-18,20,28H,4-6,15H2,1-3H3,(H-,35,38,39,40,41)/p+1/t20-,28?,37?/m1/s1. The topological polar surface area (TPSA) is 118 Å². The number of benzene rings is 2. The summed E-state index contributed by atoms with van der Waals surface area (Å²) in [5.74, 6) is -0.126. The lowest BCUT2D eigenvalue weighted by Crippen LogP contribution is -2.56. The van der Waals surface area contributed by atoms with Gasteiger partial charge in [-0.2, -0.15) is 19.2 Å². The lowest BCUT2D eigenvalue weighted by atomic mass is 9.82. The molecule has 2 aromatic heterocycles. The number of quaternary nitrogens is 1. The van der Waals surface area contributed by atoms with Crippen LogP contribution >= 0.6 is 0 Å². The van der Waals surface area contributed by atoms with Crippen LogP contribution in [0.4, 0.5) is 10.7 Å². The fourth-order valence-corrected chi connectivity index (χ4v) is 6.31. The smallest absolute Gasteiger partial charge is 0.435 e. The van der Waals surface area contributed by atoms with Crippen LogP contribution in [0, 0.1) is 6.92 Å². The van der Waals surface area contributed by atoms with E-state index in [9.17, 15) is 19.5 Å². The molecule has 2 unspecified atom stereocenters. The highest BCUT2D eigenvalue weighted by atomic mass is 16.4. The number of H-pyrrole nitrogens is 1. The molecule has 2 aliphatic rings. The SMILES string of the molecule is CCc1ccc2c(c1)C=Cc1cc(C)ccc1C2c1cn(-c2ccnc([N+]3(C(=O)O)CCC[C@H]3C)n2)c(=O)[nH]c1=O. The van der Waals surface area contributed by atoms with Gasteiger partial charge in [-0.3, -0.25) is 14.3 Å². The lowest BCUT2D eigenvalue weighted by Gasteiger charge is -2.29. The van der Waals surface area contributed by atoms with Gasteiger partial charge in [0.1, 0.15) is 11.9 Å². The van der Waals surface area contributed by atoms with Crippen molar-refractivity contribution in [1.82, 2.24) is 24.0 Å². The molecule has 41 heavy (non-hydrogen) atoms. The molecule has 2 aromatic carbocycles. The first-order valence-electron chi connectivity index (χ1n) is 14.0. The molecule has 1 saturated heterocycles. The summed E-state index contributed by atoms with van der Waals surface area (Å²) in [6.07, 6.45) is 8.50. The quantitative estimate of drug-likeness (QED) is 0.304. The van der Waals surface area contributed by atoms with Gasteiger partial charge in [0.15, 0.2) is 0 Å². The van der Waals surface area contributed by atoms with E-state index in [1.54, 1.807) is 12.3 Å². The van der Waals surface area contributed by atoms with Crippen LogP contribution in [0.1, 0.15) is 71.6 Å². The van der Waals surface area contributed by atoms with Gasteiger partial charge < -0.3 is 5.11 Å². The van der Waals surface area contributed by atoms with E-state index >= 15 is 0 Å². The Morgan fingerprint density at radius 2 is 1.80 bits per heavy atom. The van der Waals surface area contributed by atoms with Crippen molar-refractivity contribution >= 4 is 24.2 Å². The zero-order valence-corrected chi connectivity index (χ0v) is 23.3. The van der Waals surface area contributed by atoms with Gasteiger partial charge in [-0.1, -0.05) is 61.0 Å². The largest absolute Gasteiger partial charge is 0.521 e. The first-order chi connectivity index (χ1) is 19.7. The number of nitrogens with zero attached hydrogens (tertiary/aromatic N) is 4. The number of likely N-dealkylation sites (tertiary alicyclic amines) is 1. The maximum absolute atomic E-state index is 13.5. The van der Waals surface area contributed by atoms with Gasteiger partial charge >= 0.3 is 17.7 Å². The molecule has 4 aromatic rings. The molecule has 3 heterocycles. The number of hydrogen-bond donors (Lipinski definition) is 2. The minimum atomic E-state index is -1.03. The van der Waals surface area contributed by atoms with Crippen LogP contribution in [0.15, 0.2) is 64.4 Å². The summed E-state index contributed by atoms with van der Waals surface area (Å²) in [6, 6.07) is 13.8. The van der Waals surface area contributed by atoms with Gasteiger partial charge in [-0.25, -0.2) is 4.79 Å².